The van der Waals surface area contributed by atoms with E-state index in [2.05, 4.69) is 15.5 Å². The summed E-state index contributed by atoms with van der Waals surface area (Å²) >= 11 is 11.3. The van der Waals surface area contributed by atoms with E-state index in [1.807, 2.05) is 0 Å². The molecule has 0 bridgehead atoms. The molecule has 5 heteroatoms. The van der Waals surface area contributed by atoms with E-state index < -0.39 is 0 Å². The molecule has 0 saturated heterocycles. The van der Waals surface area contributed by atoms with Crippen molar-refractivity contribution in [3.63, 3.8) is 0 Å². The largest absolute Gasteiger partial charge is 0.370 e. The zero-order valence-electron chi connectivity index (χ0n) is 5.23. The second-order valence-corrected chi connectivity index (χ2v) is 2.39. The molecule has 3 nitrogen and oxygen atoms in total. The van der Waals surface area contributed by atoms with Gasteiger partial charge in [0.25, 0.3) is 0 Å². The molecule has 1 aromatic heterocycles. The fraction of sp³-hybridized carbons (Fsp3) is 0.200. The Balaban J connectivity index is 3.14. The summed E-state index contributed by atoms with van der Waals surface area (Å²) in [5.41, 5.74) is 0. The third-order valence-electron chi connectivity index (χ3n) is 0.983. The van der Waals surface area contributed by atoms with E-state index >= 15 is 0 Å². The number of aromatic nitrogens is 2. The normalized spacial score (nSPS) is 9.50. The van der Waals surface area contributed by atoms with Crippen molar-refractivity contribution in [3.05, 3.63) is 16.2 Å². The van der Waals surface area contributed by atoms with Gasteiger partial charge in [-0.25, -0.2) is 0 Å². The molecule has 0 aromatic carbocycles. The zero-order chi connectivity index (χ0) is 7.56. The summed E-state index contributed by atoms with van der Waals surface area (Å²) in [5.74, 6) is 0.495. The molecule has 1 heterocycles. The number of halogens is 2. The monoisotopic (exact) mass is 177 g/mol. The van der Waals surface area contributed by atoms with E-state index in [9.17, 15) is 0 Å². The van der Waals surface area contributed by atoms with Crippen LogP contribution in [0.25, 0.3) is 0 Å². The maximum absolute atomic E-state index is 5.70. The molecule has 0 saturated carbocycles. The number of hydrogen-bond donors (Lipinski definition) is 1. The Morgan fingerprint density at radius 1 is 1.50 bits per heavy atom. The molecule has 1 rings (SSSR count). The van der Waals surface area contributed by atoms with Crippen molar-refractivity contribution in [2.45, 2.75) is 0 Å². The highest BCUT2D eigenvalue weighted by Gasteiger charge is 2.03. The van der Waals surface area contributed by atoms with Gasteiger partial charge < -0.3 is 5.32 Å². The molecule has 1 aromatic rings. The van der Waals surface area contributed by atoms with Gasteiger partial charge in [-0.2, -0.15) is 5.10 Å². The summed E-state index contributed by atoms with van der Waals surface area (Å²) in [7, 11) is 1.70. The minimum absolute atomic E-state index is 0.402. The van der Waals surface area contributed by atoms with Gasteiger partial charge in [-0.3, -0.25) is 0 Å². The van der Waals surface area contributed by atoms with Crippen LogP contribution in [0.4, 0.5) is 5.82 Å². The van der Waals surface area contributed by atoms with Gasteiger partial charge in [-0.15, -0.1) is 5.10 Å². The highest BCUT2D eigenvalue weighted by molar-refractivity contribution is 6.43. The molecular weight excluding hydrogens is 173 g/mol. The molecule has 54 valence electrons. The quantitative estimate of drug-likeness (QED) is 0.712. The van der Waals surface area contributed by atoms with Crippen LogP contribution in [0.1, 0.15) is 0 Å². The lowest BCUT2D eigenvalue weighted by Crippen LogP contribution is -1.94. The van der Waals surface area contributed by atoms with Crippen LogP contribution in [0, 0.1) is 0 Å². The first-order valence-electron chi connectivity index (χ1n) is 2.60. The molecule has 0 aliphatic rings. The third kappa shape index (κ3) is 1.30. The minimum atomic E-state index is 0.402. The summed E-state index contributed by atoms with van der Waals surface area (Å²) in [6.07, 6.45) is 1.39. The Hall–Kier alpha value is -0.540. The first-order chi connectivity index (χ1) is 4.75. The summed E-state index contributed by atoms with van der Waals surface area (Å²) in [5, 5.41) is 10.8. The van der Waals surface area contributed by atoms with Crippen LogP contribution in [-0.4, -0.2) is 17.2 Å². The Labute approximate surface area is 68.4 Å². The summed E-state index contributed by atoms with van der Waals surface area (Å²) in [4.78, 5) is 0. The van der Waals surface area contributed by atoms with Gasteiger partial charge in [-0.05, 0) is 0 Å². The van der Waals surface area contributed by atoms with Gasteiger partial charge in [0, 0.05) is 7.05 Å². The summed E-state index contributed by atoms with van der Waals surface area (Å²) in [6, 6.07) is 0. The van der Waals surface area contributed by atoms with Crippen molar-refractivity contribution in [1.82, 2.24) is 10.2 Å². The van der Waals surface area contributed by atoms with E-state index in [4.69, 9.17) is 23.2 Å². The van der Waals surface area contributed by atoms with Crippen LogP contribution in [0.5, 0.6) is 0 Å². The molecule has 0 amide bonds. The Morgan fingerprint density at radius 3 is 2.70 bits per heavy atom. The van der Waals surface area contributed by atoms with Crippen molar-refractivity contribution in [1.29, 1.82) is 0 Å². The maximum Gasteiger partial charge on any atom is 0.168 e. The van der Waals surface area contributed by atoms with Crippen LogP contribution in [-0.2, 0) is 0 Å². The van der Waals surface area contributed by atoms with Crippen LogP contribution in [0.2, 0.25) is 10.0 Å². The minimum Gasteiger partial charge on any atom is -0.370 e. The summed E-state index contributed by atoms with van der Waals surface area (Å²) < 4.78 is 0. The fourth-order valence-electron chi connectivity index (χ4n) is 0.511. The standard InChI is InChI=1S/C5H5Cl2N3/c1-8-5-4(7)3(6)2-9-10-5/h2H,1H3,(H,8,10). The second kappa shape index (κ2) is 3.03. The smallest absolute Gasteiger partial charge is 0.168 e. The van der Waals surface area contributed by atoms with E-state index in [1.54, 1.807) is 7.05 Å². The van der Waals surface area contributed by atoms with E-state index in [0.29, 0.717) is 15.9 Å². The first-order valence-corrected chi connectivity index (χ1v) is 3.35. The van der Waals surface area contributed by atoms with Crippen molar-refractivity contribution in [2.24, 2.45) is 0 Å². The predicted octanol–water partition coefficient (Wildman–Crippen LogP) is 1.83. The van der Waals surface area contributed by atoms with Crippen LogP contribution in [0.15, 0.2) is 6.20 Å². The Morgan fingerprint density at radius 2 is 2.20 bits per heavy atom. The summed E-state index contributed by atoms with van der Waals surface area (Å²) in [6.45, 7) is 0. The van der Waals surface area contributed by atoms with Gasteiger partial charge in [0.1, 0.15) is 5.02 Å². The van der Waals surface area contributed by atoms with Crippen molar-refractivity contribution in [3.8, 4) is 0 Å². The van der Waals surface area contributed by atoms with Gasteiger partial charge in [0.2, 0.25) is 0 Å². The molecule has 1 N–H and O–H groups in total. The second-order valence-electron chi connectivity index (χ2n) is 1.61. The van der Waals surface area contributed by atoms with Crippen LogP contribution in [0.3, 0.4) is 0 Å². The first kappa shape index (κ1) is 7.57. The average molecular weight is 178 g/mol. The molecular formula is C5H5Cl2N3. The van der Waals surface area contributed by atoms with Gasteiger partial charge in [0.05, 0.1) is 11.2 Å². The lowest BCUT2D eigenvalue weighted by Gasteiger charge is -1.99. The van der Waals surface area contributed by atoms with Crippen LogP contribution >= 0.6 is 23.2 Å². The number of nitrogens with zero attached hydrogens (tertiary/aromatic N) is 2. The number of hydrogen-bond acceptors (Lipinski definition) is 3. The van der Waals surface area contributed by atoms with E-state index in [0.717, 1.165) is 0 Å². The van der Waals surface area contributed by atoms with E-state index in [1.165, 1.54) is 6.20 Å². The fourth-order valence-corrected chi connectivity index (χ4v) is 0.825. The molecule has 10 heavy (non-hydrogen) atoms. The zero-order valence-corrected chi connectivity index (χ0v) is 6.74. The van der Waals surface area contributed by atoms with Crippen molar-refractivity contribution < 1.29 is 0 Å². The highest BCUT2D eigenvalue weighted by atomic mass is 35.5. The molecule has 0 atom stereocenters. The third-order valence-corrected chi connectivity index (χ3v) is 1.75. The Kier molecular flexibility index (Phi) is 2.29. The van der Waals surface area contributed by atoms with Crippen molar-refractivity contribution >= 4 is 29.0 Å². The Bertz CT molecular complexity index is 238. The highest BCUT2D eigenvalue weighted by Crippen LogP contribution is 2.25. The number of nitrogens with one attached hydrogen (secondary N) is 1. The predicted molar refractivity (Wildman–Crippen MR) is 41.6 cm³/mol. The topological polar surface area (TPSA) is 37.8 Å². The van der Waals surface area contributed by atoms with E-state index in [-0.39, 0.29) is 0 Å². The molecule has 0 aliphatic heterocycles. The van der Waals surface area contributed by atoms with Crippen LogP contribution < -0.4 is 5.32 Å². The SMILES string of the molecule is CNc1nncc(Cl)c1Cl. The van der Waals surface area contributed by atoms with Gasteiger partial charge >= 0.3 is 0 Å². The number of rotatable bonds is 1. The molecule has 0 unspecified atom stereocenters. The molecule has 0 fully saturated rings. The molecule has 0 aliphatic carbocycles. The average Bonchev–Trinajstić information content (AvgIpc) is 1.95. The van der Waals surface area contributed by atoms with Crippen molar-refractivity contribution in [2.75, 3.05) is 12.4 Å². The number of anilines is 1. The lowest BCUT2D eigenvalue weighted by molar-refractivity contribution is 1.03. The van der Waals surface area contributed by atoms with Gasteiger partial charge in [0.15, 0.2) is 5.82 Å². The molecule has 0 spiro atoms. The maximum atomic E-state index is 5.70. The molecule has 0 radical (unpaired) electrons. The van der Waals surface area contributed by atoms with Gasteiger partial charge in [-0.1, -0.05) is 23.2 Å². The lowest BCUT2D eigenvalue weighted by atomic mass is 10.5.